The minimum atomic E-state index is -0.929. The number of hydrogen-bond acceptors (Lipinski definition) is 4. The minimum Gasteiger partial charge on any atom is -0.493 e. The SMILES string of the molecule is COc1cc2cccc(Nc3ccc4c(C(=O)O)cccc4c3)c2cc1OC. The number of nitrogens with one attached hydrogen (secondary N) is 1. The summed E-state index contributed by atoms with van der Waals surface area (Å²) in [7, 11) is 3.23. The maximum absolute atomic E-state index is 11.4. The van der Waals surface area contributed by atoms with Crippen LogP contribution in [0.1, 0.15) is 10.4 Å². The maximum atomic E-state index is 11.4. The van der Waals surface area contributed by atoms with E-state index in [-0.39, 0.29) is 0 Å². The van der Waals surface area contributed by atoms with Gasteiger partial charge in [0.25, 0.3) is 0 Å². The molecule has 0 atom stereocenters. The Morgan fingerprint density at radius 3 is 2.21 bits per heavy atom. The quantitative estimate of drug-likeness (QED) is 0.487. The van der Waals surface area contributed by atoms with Crippen LogP contribution in [0.3, 0.4) is 0 Å². The summed E-state index contributed by atoms with van der Waals surface area (Å²) in [4.78, 5) is 11.4. The van der Waals surface area contributed by atoms with E-state index in [2.05, 4.69) is 5.32 Å². The first-order valence-electron chi connectivity index (χ1n) is 8.78. The Morgan fingerprint density at radius 1 is 0.821 bits per heavy atom. The van der Waals surface area contributed by atoms with E-state index in [9.17, 15) is 9.90 Å². The van der Waals surface area contributed by atoms with Crippen LogP contribution < -0.4 is 14.8 Å². The van der Waals surface area contributed by atoms with Gasteiger partial charge in [-0.2, -0.15) is 0 Å². The van der Waals surface area contributed by atoms with E-state index in [1.54, 1.807) is 26.4 Å². The molecule has 5 heteroatoms. The van der Waals surface area contributed by atoms with Crippen molar-refractivity contribution in [2.75, 3.05) is 19.5 Å². The largest absolute Gasteiger partial charge is 0.493 e. The van der Waals surface area contributed by atoms with Gasteiger partial charge in [-0.3, -0.25) is 0 Å². The van der Waals surface area contributed by atoms with E-state index in [4.69, 9.17) is 9.47 Å². The van der Waals surface area contributed by atoms with Gasteiger partial charge in [-0.1, -0.05) is 30.3 Å². The van der Waals surface area contributed by atoms with Crippen LogP contribution >= 0.6 is 0 Å². The maximum Gasteiger partial charge on any atom is 0.336 e. The van der Waals surface area contributed by atoms with Crippen molar-refractivity contribution in [2.24, 2.45) is 0 Å². The molecule has 4 aromatic rings. The molecule has 0 saturated carbocycles. The number of carbonyl (C=O) groups is 1. The average molecular weight is 373 g/mol. The van der Waals surface area contributed by atoms with Crippen LogP contribution in [0, 0.1) is 0 Å². The van der Waals surface area contributed by atoms with Crippen LogP contribution in [-0.2, 0) is 0 Å². The topological polar surface area (TPSA) is 67.8 Å². The van der Waals surface area contributed by atoms with E-state index < -0.39 is 5.97 Å². The molecule has 0 unspecified atom stereocenters. The smallest absolute Gasteiger partial charge is 0.336 e. The van der Waals surface area contributed by atoms with Gasteiger partial charge < -0.3 is 19.9 Å². The summed E-state index contributed by atoms with van der Waals surface area (Å²) in [5, 5.41) is 16.4. The second kappa shape index (κ2) is 7.12. The molecule has 0 fully saturated rings. The summed E-state index contributed by atoms with van der Waals surface area (Å²) >= 11 is 0. The normalized spacial score (nSPS) is 10.8. The Kier molecular flexibility index (Phi) is 4.49. The van der Waals surface area contributed by atoms with E-state index in [1.165, 1.54) is 0 Å². The molecule has 0 saturated heterocycles. The highest BCUT2D eigenvalue weighted by Gasteiger charge is 2.11. The lowest BCUT2D eigenvalue weighted by molar-refractivity contribution is 0.0699. The summed E-state index contributed by atoms with van der Waals surface area (Å²) < 4.78 is 10.8. The summed E-state index contributed by atoms with van der Waals surface area (Å²) in [6, 6.07) is 20.8. The predicted molar refractivity (Wildman–Crippen MR) is 111 cm³/mol. The number of fused-ring (bicyclic) bond motifs is 2. The van der Waals surface area contributed by atoms with Crippen LogP contribution in [-0.4, -0.2) is 25.3 Å². The van der Waals surface area contributed by atoms with Crippen molar-refractivity contribution in [2.45, 2.75) is 0 Å². The van der Waals surface area contributed by atoms with E-state index >= 15 is 0 Å². The summed E-state index contributed by atoms with van der Waals surface area (Å²) in [5.41, 5.74) is 2.09. The zero-order chi connectivity index (χ0) is 19.7. The molecule has 4 rings (SSSR count). The number of ether oxygens (including phenoxy) is 2. The van der Waals surface area contributed by atoms with Crippen LogP contribution in [0.4, 0.5) is 11.4 Å². The molecule has 0 aromatic heterocycles. The third kappa shape index (κ3) is 3.07. The molecule has 0 spiro atoms. The summed E-state index contributed by atoms with van der Waals surface area (Å²) in [6.45, 7) is 0. The number of anilines is 2. The van der Waals surface area contributed by atoms with Gasteiger partial charge in [0.15, 0.2) is 11.5 Å². The number of benzene rings is 4. The highest BCUT2D eigenvalue weighted by atomic mass is 16.5. The van der Waals surface area contributed by atoms with E-state index in [0.29, 0.717) is 22.4 Å². The van der Waals surface area contributed by atoms with Crippen molar-refractivity contribution in [3.63, 3.8) is 0 Å². The van der Waals surface area contributed by atoms with Crippen molar-refractivity contribution in [3.05, 3.63) is 72.3 Å². The Morgan fingerprint density at radius 2 is 1.50 bits per heavy atom. The second-order valence-corrected chi connectivity index (χ2v) is 6.41. The van der Waals surface area contributed by atoms with Crippen molar-refractivity contribution < 1.29 is 19.4 Å². The molecular formula is C23H19NO4. The summed E-state index contributed by atoms with van der Waals surface area (Å²) in [5.74, 6) is 0.411. The third-order valence-corrected chi connectivity index (χ3v) is 4.77. The van der Waals surface area contributed by atoms with Crippen molar-refractivity contribution in [3.8, 4) is 11.5 Å². The highest BCUT2D eigenvalue weighted by molar-refractivity contribution is 6.05. The zero-order valence-corrected chi connectivity index (χ0v) is 15.5. The Balaban J connectivity index is 1.78. The molecule has 0 amide bonds. The van der Waals surface area contributed by atoms with Crippen LogP contribution in [0.5, 0.6) is 11.5 Å². The molecular weight excluding hydrogens is 354 g/mol. The molecule has 140 valence electrons. The monoisotopic (exact) mass is 373 g/mol. The minimum absolute atomic E-state index is 0.297. The first-order chi connectivity index (χ1) is 13.6. The number of carboxylic acids is 1. The Hall–Kier alpha value is -3.73. The van der Waals surface area contributed by atoms with Gasteiger partial charge in [-0.05, 0) is 52.6 Å². The Labute approximate surface area is 162 Å². The van der Waals surface area contributed by atoms with E-state index in [1.807, 2.05) is 54.6 Å². The highest BCUT2D eigenvalue weighted by Crippen LogP contribution is 2.36. The molecule has 0 radical (unpaired) electrons. The lowest BCUT2D eigenvalue weighted by Gasteiger charge is -2.14. The lowest BCUT2D eigenvalue weighted by Crippen LogP contribution is -1.98. The third-order valence-electron chi connectivity index (χ3n) is 4.77. The molecule has 4 aromatic carbocycles. The van der Waals surface area contributed by atoms with Crippen LogP contribution in [0.2, 0.25) is 0 Å². The molecule has 0 aliphatic rings. The number of rotatable bonds is 5. The van der Waals surface area contributed by atoms with Crippen molar-refractivity contribution in [1.82, 2.24) is 0 Å². The molecule has 28 heavy (non-hydrogen) atoms. The standard InChI is InChI=1S/C23H19NO4/c1-27-21-12-15-6-4-8-20(19(15)13-22(21)28-2)24-16-9-10-17-14(11-16)5-3-7-18(17)23(25)26/h3-13,24H,1-2H3,(H,25,26). The van der Waals surface area contributed by atoms with Gasteiger partial charge in [0.1, 0.15) is 0 Å². The molecule has 0 aliphatic carbocycles. The fourth-order valence-electron chi connectivity index (χ4n) is 3.42. The predicted octanol–water partition coefficient (Wildman–Crippen LogP) is 5.45. The molecule has 5 nitrogen and oxygen atoms in total. The molecule has 0 heterocycles. The van der Waals surface area contributed by atoms with Crippen molar-refractivity contribution in [1.29, 1.82) is 0 Å². The first kappa shape index (κ1) is 17.7. The lowest BCUT2D eigenvalue weighted by atomic mass is 10.0. The van der Waals surface area contributed by atoms with Gasteiger partial charge >= 0.3 is 5.97 Å². The van der Waals surface area contributed by atoms with E-state index in [0.717, 1.165) is 27.5 Å². The number of hydrogen-bond donors (Lipinski definition) is 2. The van der Waals surface area contributed by atoms with Gasteiger partial charge in [-0.15, -0.1) is 0 Å². The second-order valence-electron chi connectivity index (χ2n) is 6.41. The Bertz CT molecular complexity index is 1200. The van der Waals surface area contributed by atoms with Crippen LogP contribution in [0.15, 0.2) is 66.7 Å². The van der Waals surface area contributed by atoms with Crippen molar-refractivity contribution >= 4 is 38.9 Å². The number of carboxylic acid groups (broad SMARTS) is 1. The van der Waals surface area contributed by atoms with Gasteiger partial charge in [-0.25, -0.2) is 4.79 Å². The number of methoxy groups -OCH3 is 2. The fraction of sp³-hybridized carbons (Fsp3) is 0.0870. The first-order valence-corrected chi connectivity index (χ1v) is 8.78. The fourth-order valence-corrected chi connectivity index (χ4v) is 3.42. The van der Waals surface area contributed by atoms with Gasteiger partial charge in [0, 0.05) is 16.8 Å². The van der Waals surface area contributed by atoms with Gasteiger partial charge in [0.05, 0.1) is 19.8 Å². The molecule has 0 aliphatic heterocycles. The molecule has 2 N–H and O–H groups in total. The average Bonchev–Trinajstić information content (AvgIpc) is 2.72. The van der Waals surface area contributed by atoms with Gasteiger partial charge in [0.2, 0.25) is 0 Å². The van der Waals surface area contributed by atoms with Crippen LogP contribution in [0.25, 0.3) is 21.5 Å². The zero-order valence-electron chi connectivity index (χ0n) is 15.5. The number of aromatic carboxylic acids is 1. The molecule has 0 bridgehead atoms. The summed E-state index contributed by atoms with van der Waals surface area (Å²) in [6.07, 6.45) is 0.